The van der Waals surface area contributed by atoms with Crippen LogP contribution in [0.15, 0.2) is 21.9 Å². The topological polar surface area (TPSA) is 48.5 Å². The van der Waals surface area contributed by atoms with E-state index in [0.717, 1.165) is 24.2 Å². The first-order valence-electron chi connectivity index (χ1n) is 7.47. The number of aromatic nitrogens is 2. The molecule has 0 bridgehead atoms. The standard InChI is InChI=1S/C15H17ClFN3O2S/c1-9(2)22-13-8-12(11(17)7-10(13)16)18-14-19-5-3-4-6-20(19)15(21)23-14/h7-9H,3-6H2,1-2H3/b18-14+. The molecule has 0 saturated carbocycles. The van der Waals surface area contributed by atoms with Crippen molar-refractivity contribution in [1.82, 2.24) is 9.36 Å². The maximum Gasteiger partial charge on any atom is 0.325 e. The fourth-order valence-corrected chi connectivity index (χ4v) is 3.55. The van der Waals surface area contributed by atoms with Crippen LogP contribution in [-0.2, 0) is 13.1 Å². The molecule has 1 aliphatic rings. The summed E-state index contributed by atoms with van der Waals surface area (Å²) in [6.45, 7) is 5.11. The van der Waals surface area contributed by atoms with Crippen LogP contribution in [0.2, 0.25) is 5.02 Å². The molecule has 0 amide bonds. The average Bonchev–Trinajstić information content (AvgIpc) is 2.81. The van der Waals surface area contributed by atoms with E-state index < -0.39 is 5.82 Å². The molecule has 0 spiro atoms. The van der Waals surface area contributed by atoms with Gasteiger partial charge in [0.05, 0.1) is 11.1 Å². The van der Waals surface area contributed by atoms with Crippen LogP contribution in [-0.4, -0.2) is 15.5 Å². The van der Waals surface area contributed by atoms with Crippen LogP contribution >= 0.6 is 22.9 Å². The maximum absolute atomic E-state index is 14.2. The number of hydrogen-bond acceptors (Lipinski definition) is 4. The minimum Gasteiger partial charge on any atom is -0.489 e. The minimum atomic E-state index is -0.540. The molecule has 2 aromatic rings. The Labute approximate surface area is 141 Å². The number of benzene rings is 1. The second-order valence-corrected chi connectivity index (χ2v) is 6.94. The van der Waals surface area contributed by atoms with Crippen molar-refractivity contribution < 1.29 is 9.13 Å². The van der Waals surface area contributed by atoms with Crippen molar-refractivity contribution in [1.29, 1.82) is 0 Å². The van der Waals surface area contributed by atoms with E-state index in [9.17, 15) is 9.18 Å². The van der Waals surface area contributed by atoms with Gasteiger partial charge in [0.1, 0.15) is 11.4 Å². The summed E-state index contributed by atoms with van der Waals surface area (Å²) in [5.41, 5.74) is 0.118. The first-order chi connectivity index (χ1) is 11.0. The Morgan fingerprint density at radius 3 is 2.70 bits per heavy atom. The Morgan fingerprint density at radius 2 is 2.00 bits per heavy atom. The van der Waals surface area contributed by atoms with Gasteiger partial charge in [0, 0.05) is 19.2 Å². The van der Waals surface area contributed by atoms with Crippen LogP contribution in [0.1, 0.15) is 26.7 Å². The third-order valence-electron chi connectivity index (χ3n) is 3.47. The lowest BCUT2D eigenvalue weighted by molar-refractivity contribution is 0.242. The number of nitrogens with zero attached hydrogens (tertiary/aromatic N) is 3. The molecule has 0 atom stereocenters. The van der Waals surface area contributed by atoms with Gasteiger partial charge in [0.2, 0.25) is 4.80 Å². The fraction of sp³-hybridized carbons (Fsp3) is 0.467. The quantitative estimate of drug-likeness (QED) is 0.846. The van der Waals surface area contributed by atoms with E-state index in [2.05, 4.69) is 4.99 Å². The SMILES string of the molecule is CC(C)Oc1cc(/N=c2/sc(=O)n3n2CCCC3)c(F)cc1Cl. The number of hydrogen-bond donors (Lipinski definition) is 0. The van der Waals surface area contributed by atoms with Gasteiger partial charge in [-0.2, -0.15) is 0 Å². The lowest BCUT2D eigenvalue weighted by Crippen LogP contribution is -2.31. The predicted octanol–water partition coefficient (Wildman–Crippen LogP) is 3.32. The van der Waals surface area contributed by atoms with E-state index in [0.29, 0.717) is 23.6 Å². The van der Waals surface area contributed by atoms with Crippen molar-refractivity contribution >= 4 is 28.6 Å². The zero-order valence-electron chi connectivity index (χ0n) is 12.9. The first kappa shape index (κ1) is 16.3. The molecule has 0 unspecified atom stereocenters. The summed E-state index contributed by atoms with van der Waals surface area (Å²) in [5.74, 6) is -0.158. The summed E-state index contributed by atoms with van der Waals surface area (Å²) in [6, 6.07) is 2.66. The molecule has 3 rings (SSSR count). The first-order valence-corrected chi connectivity index (χ1v) is 8.66. The molecule has 8 heteroatoms. The Kier molecular flexibility index (Phi) is 4.59. The number of ether oxygens (including phenoxy) is 1. The van der Waals surface area contributed by atoms with Gasteiger partial charge in [-0.3, -0.25) is 9.48 Å². The van der Waals surface area contributed by atoms with Gasteiger partial charge in [-0.05, 0) is 44.1 Å². The molecule has 124 valence electrons. The van der Waals surface area contributed by atoms with Crippen molar-refractivity contribution in [2.24, 2.45) is 4.99 Å². The molecule has 1 aromatic carbocycles. The van der Waals surface area contributed by atoms with E-state index in [-0.39, 0.29) is 21.7 Å². The van der Waals surface area contributed by atoms with Gasteiger partial charge in [-0.25, -0.2) is 14.1 Å². The van der Waals surface area contributed by atoms with Crippen LogP contribution < -0.4 is 14.4 Å². The van der Waals surface area contributed by atoms with Crippen LogP contribution in [0.25, 0.3) is 0 Å². The van der Waals surface area contributed by atoms with Crippen LogP contribution in [0.3, 0.4) is 0 Å². The summed E-state index contributed by atoms with van der Waals surface area (Å²) < 4.78 is 23.2. The van der Waals surface area contributed by atoms with E-state index in [1.54, 1.807) is 4.68 Å². The third kappa shape index (κ3) is 3.35. The second kappa shape index (κ2) is 6.49. The molecule has 2 heterocycles. The zero-order valence-corrected chi connectivity index (χ0v) is 14.5. The van der Waals surface area contributed by atoms with Gasteiger partial charge in [-0.1, -0.05) is 11.6 Å². The normalized spacial score (nSPS) is 15.1. The van der Waals surface area contributed by atoms with Crippen molar-refractivity contribution in [2.75, 3.05) is 0 Å². The van der Waals surface area contributed by atoms with Gasteiger partial charge in [0.15, 0.2) is 5.82 Å². The average molecular weight is 358 g/mol. The van der Waals surface area contributed by atoms with E-state index in [1.807, 2.05) is 18.5 Å². The van der Waals surface area contributed by atoms with Gasteiger partial charge >= 0.3 is 4.87 Å². The molecule has 1 aromatic heterocycles. The van der Waals surface area contributed by atoms with Crippen molar-refractivity contribution in [3.8, 4) is 5.75 Å². The summed E-state index contributed by atoms with van der Waals surface area (Å²) in [6.07, 6.45) is 1.87. The number of fused-ring (bicyclic) bond motifs is 1. The van der Waals surface area contributed by atoms with E-state index in [1.165, 1.54) is 12.1 Å². The van der Waals surface area contributed by atoms with Gasteiger partial charge in [0.25, 0.3) is 0 Å². The second-order valence-electron chi connectivity index (χ2n) is 5.62. The highest BCUT2D eigenvalue weighted by Crippen LogP contribution is 2.32. The molecule has 0 N–H and O–H groups in total. The highest BCUT2D eigenvalue weighted by Gasteiger charge is 2.15. The molecule has 0 aliphatic carbocycles. The van der Waals surface area contributed by atoms with Crippen LogP contribution in [0.5, 0.6) is 5.75 Å². The van der Waals surface area contributed by atoms with Crippen LogP contribution in [0.4, 0.5) is 10.1 Å². The van der Waals surface area contributed by atoms with E-state index in [4.69, 9.17) is 16.3 Å². The molecular formula is C15H17ClFN3O2S. The molecular weight excluding hydrogens is 341 g/mol. The summed E-state index contributed by atoms with van der Waals surface area (Å²) in [5, 5.41) is 0.204. The zero-order chi connectivity index (χ0) is 16.6. The monoisotopic (exact) mass is 357 g/mol. The van der Waals surface area contributed by atoms with Crippen molar-refractivity contribution in [2.45, 2.75) is 45.9 Å². The maximum atomic E-state index is 14.2. The Balaban J connectivity index is 2.11. The van der Waals surface area contributed by atoms with E-state index >= 15 is 0 Å². The lowest BCUT2D eigenvalue weighted by Gasteiger charge is -2.16. The molecule has 0 fully saturated rings. The third-order valence-corrected chi connectivity index (χ3v) is 4.64. The molecule has 0 radical (unpaired) electrons. The number of halogens is 2. The lowest BCUT2D eigenvalue weighted by atomic mass is 10.3. The summed E-state index contributed by atoms with van der Waals surface area (Å²) in [7, 11) is 0. The van der Waals surface area contributed by atoms with Crippen molar-refractivity contribution in [3.05, 3.63) is 37.4 Å². The molecule has 0 saturated heterocycles. The Hall–Kier alpha value is -1.60. The predicted molar refractivity (Wildman–Crippen MR) is 88.2 cm³/mol. The van der Waals surface area contributed by atoms with Crippen LogP contribution in [0, 0.1) is 5.82 Å². The highest BCUT2D eigenvalue weighted by atomic mass is 35.5. The largest absolute Gasteiger partial charge is 0.489 e. The van der Waals surface area contributed by atoms with Gasteiger partial charge < -0.3 is 4.74 Å². The smallest absolute Gasteiger partial charge is 0.325 e. The number of rotatable bonds is 3. The minimum absolute atomic E-state index is 0.0727. The summed E-state index contributed by atoms with van der Waals surface area (Å²) >= 11 is 7.03. The highest BCUT2D eigenvalue weighted by molar-refractivity contribution is 7.06. The van der Waals surface area contributed by atoms with Gasteiger partial charge in [-0.15, -0.1) is 0 Å². The molecule has 5 nitrogen and oxygen atoms in total. The Morgan fingerprint density at radius 1 is 1.30 bits per heavy atom. The fourth-order valence-electron chi connectivity index (χ4n) is 2.47. The Bertz CT molecular complexity index is 853. The molecule has 1 aliphatic heterocycles. The molecule has 23 heavy (non-hydrogen) atoms. The summed E-state index contributed by atoms with van der Waals surface area (Å²) in [4.78, 5) is 16.7. The van der Waals surface area contributed by atoms with Crippen molar-refractivity contribution in [3.63, 3.8) is 0 Å².